The molecule has 1 N–H and O–H groups in total. The van der Waals surface area contributed by atoms with Gasteiger partial charge in [-0.2, -0.15) is 8.78 Å². The Bertz CT molecular complexity index is 1270. The van der Waals surface area contributed by atoms with Gasteiger partial charge in [-0.3, -0.25) is 4.79 Å². The summed E-state index contributed by atoms with van der Waals surface area (Å²) in [6, 6.07) is 20.9. The van der Waals surface area contributed by atoms with Gasteiger partial charge in [0.1, 0.15) is 18.1 Å². The van der Waals surface area contributed by atoms with Gasteiger partial charge in [-0.25, -0.2) is 0 Å². The summed E-state index contributed by atoms with van der Waals surface area (Å²) in [5.74, 6) is 0.351. The summed E-state index contributed by atoms with van der Waals surface area (Å²) in [5, 5.41) is 9.33. The van der Waals surface area contributed by atoms with Gasteiger partial charge in [0.2, 0.25) is 0 Å². The lowest BCUT2D eigenvalue weighted by atomic mass is 9.75. The lowest BCUT2D eigenvalue weighted by Gasteiger charge is -2.30. The largest absolute Gasteiger partial charge is 0.489 e. The van der Waals surface area contributed by atoms with E-state index in [0.29, 0.717) is 18.3 Å². The highest BCUT2D eigenvalue weighted by molar-refractivity contribution is 5.70. The summed E-state index contributed by atoms with van der Waals surface area (Å²) < 4.78 is 36.6. The number of alkyl halides is 2. The quantitative estimate of drug-likeness (QED) is 0.251. The van der Waals surface area contributed by atoms with E-state index in [4.69, 9.17) is 4.74 Å². The van der Waals surface area contributed by atoms with Gasteiger partial charge in [0.25, 0.3) is 0 Å². The fourth-order valence-electron chi connectivity index (χ4n) is 5.97. The molecule has 0 heterocycles. The first-order chi connectivity index (χ1) is 18.7. The van der Waals surface area contributed by atoms with E-state index in [0.717, 1.165) is 54.4 Å². The van der Waals surface area contributed by atoms with E-state index in [1.54, 1.807) is 18.2 Å². The SMILES string of the molecule is CCC[C@@H](CC(=O)O)c1cccc(OCc2ccc(-c3cccc(OC(F)F)c3)c([C@@H]3CCCC3(C)C)c2)c1. The molecule has 0 radical (unpaired) electrons. The average molecular weight is 537 g/mol. The summed E-state index contributed by atoms with van der Waals surface area (Å²) >= 11 is 0. The van der Waals surface area contributed by atoms with Crippen molar-refractivity contribution in [2.45, 2.75) is 84.4 Å². The maximum Gasteiger partial charge on any atom is 0.387 e. The third-order valence-electron chi connectivity index (χ3n) is 7.91. The number of aliphatic carboxylic acids is 1. The highest BCUT2D eigenvalue weighted by Gasteiger charge is 2.36. The van der Waals surface area contributed by atoms with Crippen molar-refractivity contribution in [3.05, 3.63) is 83.4 Å². The molecule has 0 saturated heterocycles. The zero-order chi connectivity index (χ0) is 28.0. The molecule has 1 aliphatic carbocycles. The van der Waals surface area contributed by atoms with Gasteiger partial charge in [-0.15, -0.1) is 0 Å². The van der Waals surface area contributed by atoms with Crippen molar-refractivity contribution < 1.29 is 28.2 Å². The Labute approximate surface area is 230 Å². The number of benzene rings is 3. The van der Waals surface area contributed by atoms with Crippen molar-refractivity contribution in [1.82, 2.24) is 0 Å². The van der Waals surface area contributed by atoms with Gasteiger partial charge in [-0.05, 0) is 88.6 Å². The molecule has 0 bridgehead atoms. The van der Waals surface area contributed by atoms with Crippen molar-refractivity contribution in [2.24, 2.45) is 5.41 Å². The Kier molecular flexibility index (Phi) is 9.26. The van der Waals surface area contributed by atoms with Gasteiger partial charge in [0.05, 0.1) is 6.42 Å². The van der Waals surface area contributed by atoms with E-state index >= 15 is 0 Å². The van der Waals surface area contributed by atoms with Crippen molar-refractivity contribution in [1.29, 1.82) is 0 Å². The molecule has 3 aromatic rings. The molecule has 0 unspecified atom stereocenters. The number of hydrogen-bond acceptors (Lipinski definition) is 3. The minimum atomic E-state index is -2.87. The Balaban J connectivity index is 1.61. The fraction of sp³-hybridized carbons (Fsp3) is 0.424. The van der Waals surface area contributed by atoms with Gasteiger partial charge in [-0.1, -0.05) is 76.1 Å². The van der Waals surface area contributed by atoms with Crippen LogP contribution in [0.5, 0.6) is 11.5 Å². The van der Waals surface area contributed by atoms with Crippen molar-refractivity contribution >= 4 is 5.97 Å². The smallest absolute Gasteiger partial charge is 0.387 e. The Morgan fingerprint density at radius 3 is 2.51 bits per heavy atom. The van der Waals surface area contributed by atoms with E-state index in [9.17, 15) is 18.7 Å². The molecule has 4 nitrogen and oxygen atoms in total. The highest BCUT2D eigenvalue weighted by Crippen LogP contribution is 2.51. The van der Waals surface area contributed by atoms with Gasteiger partial charge < -0.3 is 14.6 Å². The number of carboxylic acids is 1. The molecule has 0 spiro atoms. The molecule has 1 aliphatic rings. The molecule has 3 aromatic carbocycles. The van der Waals surface area contributed by atoms with E-state index in [2.05, 4.69) is 37.6 Å². The maximum absolute atomic E-state index is 12.9. The van der Waals surface area contributed by atoms with Crippen LogP contribution in [0.25, 0.3) is 11.1 Å². The van der Waals surface area contributed by atoms with E-state index in [-0.39, 0.29) is 23.5 Å². The molecule has 2 atom stereocenters. The summed E-state index contributed by atoms with van der Waals surface area (Å²) in [4.78, 5) is 11.4. The zero-order valence-electron chi connectivity index (χ0n) is 23.0. The summed E-state index contributed by atoms with van der Waals surface area (Å²) in [5.41, 5.74) is 5.20. The molecule has 208 valence electrons. The van der Waals surface area contributed by atoms with Crippen LogP contribution in [0.1, 0.15) is 87.8 Å². The predicted molar refractivity (Wildman–Crippen MR) is 150 cm³/mol. The predicted octanol–water partition coefficient (Wildman–Crippen LogP) is 9.19. The summed E-state index contributed by atoms with van der Waals surface area (Å²) in [6.07, 6.45) is 5.17. The number of rotatable bonds is 12. The van der Waals surface area contributed by atoms with E-state index in [1.807, 2.05) is 36.4 Å². The van der Waals surface area contributed by atoms with E-state index in [1.165, 1.54) is 5.56 Å². The molecule has 0 amide bonds. The Morgan fingerprint density at radius 1 is 1.05 bits per heavy atom. The minimum absolute atomic E-state index is 0.0450. The van der Waals surface area contributed by atoms with Crippen LogP contribution in [0.3, 0.4) is 0 Å². The molecule has 1 saturated carbocycles. The molecular formula is C33H38F2O4. The standard InChI is InChI=1S/C33H38F2O4/c1-4-8-23(20-31(36)37)24-9-5-11-26(18-24)38-21-22-14-15-28(25-10-6-12-27(19-25)39-32(34)35)29(17-22)30-13-7-16-33(30,2)3/h5-6,9-12,14-15,17-19,23,30,32H,4,7-8,13,16,20-21H2,1-3H3,(H,36,37)/t23-,30-/m0/s1. The first-order valence-corrected chi connectivity index (χ1v) is 13.8. The lowest BCUT2D eigenvalue weighted by Crippen LogP contribution is -2.16. The molecule has 0 aliphatic heterocycles. The second kappa shape index (κ2) is 12.6. The summed E-state index contributed by atoms with van der Waals surface area (Å²) in [6.45, 7) is 4.15. The Hall–Kier alpha value is -3.41. The van der Waals surface area contributed by atoms with Crippen LogP contribution in [0.15, 0.2) is 66.7 Å². The van der Waals surface area contributed by atoms with Crippen LogP contribution in [0.2, 0.25) is 0 Å². The number of halogens is 2. The zero-order valence-corrected chi connectivity index (χ0v) is 23.0. The van der Waals surface area contributed by atoms with Crippen molar-refractivity contribution in [3.8, 4) is 22.6 Å². The minimum Gasteiger partial charge on any atom is -0.489 e. The molecule has 39 heavy (non-hydrogen) atoms. The highest BCUT2D eigenvalue weighted by atomic mass is 19.3. The third kappa shape index (κ3) is 7.37. The number of carboxylic acid groups (broad SMARTS) is 1. The fourth-order valence-corrected chi connectivity index (χ4v) is 5.97. The lowest BCUT2D eigenvalue weighted by molar-refractivity contribution is -0.137. The van der Waals surface area contributed by atoms with Crippen molar-refractivity contribution in [2.75, 3.05) is 0 Å². The van der Waals surface area contributed by atoms with Crippen LogP contribution >= 0.6 is 0 Å². The molecule has 4 rings (SSSR count). The molecule has 1 fully saturated rings. The van der Waals surface area contributed by atoms with E-state index < -0.39 is 12.6 Å². The molecule has 0 aromatic heterocycles. The van der Waals surface area contributed by atoms with Gasteiger partial charge in [0.15, 0.2) is 0 Å². The number of hydrogen-bond donors (Lipinski definition) is 1. The number of ether oxygens (including phenoxy) is 2. The van der Waals surface area contributed by atoms with Crippen molar-refractivity contribution in [3.63, 3.8) is 0 Å². The molecular weight excluding hydrogens is 498 g/mol. The van der Waals surface area contributed by atoms with Crippen LogP contribution in [-0.4, -0.2) is 17.7 Å². The normalized spacial score (nSPS) is 17.2. The first kappa shape index (κ1) is 28.6. The van der Waals surface area contributed by atoms with Crippen LogP contribution in [-0.2, 0) is 11.4 Å². The van der Waals surface area contributed by atoms with Crippen LogP contribution in [0, 0.1) is 5.41 Å². The van der Waals surface area contributed by atoms with Gasteiger partial charge >= 0.3 is 12.6 Å². The second-order valence-electron chi connectivity index (χ2n) is 11.2. The first-order valence-electron chi connectivity index (χ1n) is 13.8. The average Bonchev–Trinajstić information content (AvgIpc) is 3.25. The monoisotopic (exact) mass is 536 g/mol. The molecule has 6 heteroatoms. The summed E-state index contributed by atoms with van der Waals surface area (Å²) in [7, 11) is 0. The second-order valence-corrected chi connectivity index (χ2v) is 11.2. The third-order valence-corrected chi connectivity index (χ3v) is 7.91. The van der Waals surface area contributed by atoms with Crippen LogP contribution in [0.4, 0.5) is 8.78 Å². The number of carbonyl (C=O) groups is 1. The van der Waals surface area contributed by atoms with Crippen LogP contribution < -0.4 is 9.47 Å². The maximum atomic E-state index is 12.9. The van der Waals surface area contributed by atoms with Gasteiger partial charge in [0, 0.05) is 0 Å². The Morgan fingerprint density at radius 2 is 1.82 bits per heavy atom. The topological polar surface area (TPSA) is 55.8 Å².